The Labute approximate surface area is 77.4 Å². The molecule has 1 rings (SSSR count). The molecule has 4 heteroatoms. The molecule has 2 radical (unpaired) electrons. The maximum Gasteiger partial charge on any atom is 0.335 e. The Morgan fingerprint density at radius 2 is 1.92 bits per heavy atom. The third-order valence-corrected chi connectivity index (χ3v) is 1.94. The number of carboxylic acid groups (broad SMARTS) is 1. The van der Waals surface area contributed by atoms with E-state index < -0.39 is 5.97 Å². The van der Waals surface area contributed by atoms with Gasteiger partial charge < -0.3 is 10.2 Å². The monoisotopic (exact) mass is 176 g/mol. The Bertz CT molecular complexity index is 372. The molecule has 13 heavy (non-hydrogen) atoms. The average molecular weight is 176 g/mol. The molecular formula is C9H9BO3. The molecule has 0 saturated heterocycles. The smallest absolute Gasteiger partial charge is 0.335 e. The molecule has 0 aromatic heterocycles. The Morgan fingerprint density at radius 1 is 1.38 bits per heavy atom. The van der Waals surface area contributed by atoms with Crippen molar-refractivity contribution in [3.8, 4) is 5.75 Å². The van der Waals surface area contributed by atoms with Crippen molar-refractivity contribution in [3.63, 3.8) is 0 Å². The molecule has 0 aliphatic heterocycles. The SMILES string of the molecule is [B]c1c(O)c(C)cc(C)c1C(=O)O. The van der Waals surface area contributed by atoms with Crippen molar-refractivity contribution < 1.29 is 15.0 Å². The number of phenols is 1. The molecule has 0 atom stereocenters. The third kappa shape index (κ3) is 1.52. The summed E-state index contributed by atoms with van der Waals surface area (Å²) < 4.78 is 0. The van der Waals surface area contributed by atoms with Crippen molar-refractivity contribution in [2.45, 2.75) is 13.8 Å². The lowest BCUT2D eigenvalue weighted by atomic mass is 9.85. The van der Waals surface area contributed by atoms with Gasteiger partial charge in [0.1, 0.15) is 13.6 Å². The predicted octanol–water partition coefficient (Wildman–Crippen LogP) is 0.501. The Morgan fingerprint density at radius 3 is 2.38 bits per heavy atom. The minimum Gasteiger partial charge on any atom is -0.508 e. The number of benzene rings is 1. The first kappa shape index (κ1) is 9.64. The van der Waals surface area contributed by atoms with Gasteiger partial charge in [0.2, 0.25) is 0 Å². The fourth-order valence-electron chi connectivity index (χ4n) is 1.29. The van der Waals surface area contributed by atoms with E-state index in [0.29, 0.717) is 11.1 Å². The van der Waals surface area contributed by atoms with E-state index in [4.69, 9.17) is 13.0 Å². The molecule has 66 valence electrons. The van der Waals surface area contributed by atoms with Crippen LogP contribution in [0.3, 0.4) is 0 Å². The van der Waals surface area contributed by atoms with Crippen molar-refractivity contribution >= 4 is 19.3 Å². The summed E-state index contributed by atoms with van der Waals surface area (Å²) >= 11 is 0. The maximum absolute atomic E-state index is 10.7. The highest BCUT2D eigenvalue weighted by molar-refractivity contribution is 6.38. The molecule has 0 heterocycles. The quantitative estimate of drug-likeness (QED) is 0.612. The first-order valence-corrected chi connectivity index (χ1v) is 3.77. The molecule has 0 saturated carbocycles. The van der Waals surface area contributed by atoms with E-state index in [2.05, 4.69) is 0 Å². The van der Waals surface area contributed by atoms with Crippen LogP contribution in [0.25, 0.3) is 0 Å². The van der Waals surface area contributed by atoms with Crippen molar-refractivity contribution in [1.82, 2.24) is 0 Å². The normalized spacial score (nSPS) is 10.0. The van der Waals surface area contributed by atoms with Crippen LogP contribution < -0.4 is 5.46 Å². The summed E-state index contributed by atoms with van der Waals surface area (Å²) in [5, 5.41) is 18.1. The minimum absolute atomic E-state index is 0.0249. The fraction of sp³-hybridized carbons (Fsp3) is 0.222. The second kappa shape index (κ2) is 3.13. The Kier molecular flexibility index (Phi) is 2.32. The summed E-state index contributed by atoms with van der Waals surface area (Å²) in [4.78, 5) is 10.7. The van der Waals surface area contributed by atoms with Gasteiger partial charge >= 0.3 is 5.97 Å². The van der Waals surface area contributed by atoms with Crippen LogP contribution in [-0.2, 0) is 0 Å². The lowest BCUT2D eigenvalue weighted by molar-refractivity contribution is 0.0697. The standard InChI is InChI=1S/C9H9BO3/c1-4-3-5(2)8(11)7(10)6(4)9(12)13/h3,11H,1-2H3,(H,12,13). The average Bonchev–Trinajstić information content (AvgIpc) is 1.99. The summed E-state index contributed by atoms with van der Waals surface area (Å²) in [5.74, 6) is -1.27. The van der Waals surface area contributed by atoms with E-state index in [-0.39, 0.29) is 16.8 Å². The van der Waals surface area contributed by atoms with Crippen LogP contribution >= 0.6 is 0 Å². The van der Waals surface area contributed by atoms with Crippen LogP contribution in [0.2, 0.25) is 0 Å². The van der Waals surface area contributed by atoms with E-state index in [0.717, 1.165) is 0 Å². The van der Waals surface area contributed by atoms with Gasteiger partial charge in [-0.15, -0.1) is 0 Å². The minimum atomic E-state index is -1.12. The van der Waals surface area contributed by atoms with Crippen LogP contribution in [0.5, 0.6) is 5.75 Å². The number of carbonyl (C=O) groups is 1. The topological polar surface area (TPSA) is 57.5 Å². The number of aromatic hydroxyl groups is 1. The van der Waals surface area contributed by atoms with Crippen LogP contribution in [0.4, 0.5) is 0 Å². The van der Waals surface area contributed by atoms with Crippen molar-refractivity contribution in [2.24, 2.45) is 0 Å². The first-order valence-electron chi connectivity index (χ1n) is 3.77. The molecule has 1 aromatic carbocycles. The maximum atomic E-state index is 10.7. The number of hydrogen-bond acceptors (Lipinski definition) is 2. The van der Waals surface area contributed by atoms with E-state index in [1.165, 1.54) is 0 Å². The van der Waals surface area contributed by atoms with Gasteiger partial charge in [0.25, 0.3) is 0 Å². The molecule has 0 aliphatic carbocycles. The predicted molar refractivity (Wildman–Crippen MR) is 49.9 cm³/mol. The van der Waals surface area contributed by atoms with Crippen LogP contribution in [0.15, 0.2) is 6.07 Å². The van der Waals surface area contributed by atoms with Crippen LogP contribution in [-0.4, -0.2) is 24.0 Å². The van der Waals surface area contributed by atoms with Crippen molar-refractivity contribution in [1.29, 1.82) is 0 Å². The molecule has 0 spiro atoms. The molecule has 2 N–H and O–H groups in total. The highest BCUT2D eigenvalue weighted by Crippen LogP contribution is 2.17. The number of rotatable bonds is 1. The van der Waals surface area contributed by atoms with Crippen LogP contribution in [0.1, 0.15) is 21.5 Å². The number of phenolic OH excluding ortho intramolecular Hbond substituents is 1. The van der Waals surface area contributed by atoms with Gasteiger partial charge in [0.05, 0.1) is 5.56 Å². The third-order valence-electron chi connectivity index (χ3n) is 1.94. The van der Waals surface area contributed by atoms with Gasteiger partial charge in [0, 0.05) is 0 Å². The molecule has 1 aromatic rings. The van der Waals surface area contributed by atoms with Crippen molar-refractivity contribution in [2.75, 3.05) is 0 Å². The van der Waals surface area contributed by atoms with Crippen LogP contribution in [0, 0.1) is 13.8 Å². The summed E-state index contributed by atoms with van der Waals surface area (Å²) in [6, 6.07) is 1.59. The Balaban J connectivity index is 3.53. The zero-order valence-electron chi connectivity index (χ0n) is 7.46. The second-order valence-corrected chi connectivity index (χ2v) is 2.95. The summed E-state index contributed by atoms with van der Waals surface area (Å²) in [7, 11) is 5.45. The first-order chi connectivity index (χ1) is 5.95. The van der Waals surface area contributed by atoms with Gasteiger partial charge in [0.15, 0.2) is 0 Å². The number of aryl methyl sites for hydroxylation is 2. The summed E-state index contributed by atoms with van der Waals surface area (Å²) in [6.45, 7) is 3.32. The van der Waals surface area contributed by atoms with E-state index in [1.54, 1.807) is 19.9 Å². The number of hydrogen-bond donors (Lipinski definition) is 2. The second-order valence-electron chi connectivity index (χ2n) is 2.95. The fourth-order valence-corrected chi connectivity index (χ4v) is 1.29. The lowest BCUT2D eigenvalue weighted by Gasteiger charge is -2.10. The van der Waals surface area contributed by atoms with E-state index in [1.807, 2.05) is 0 Å². The highest BCUT2D eigenvalue weighted by atomic mass is 16.4. The zero-order valence-corrected chi connectivity index (χ0v) is 7.46. The largest absolute Gasteiger partial charge is 0.508 e. The molecule has 3 nitrogen and oxygen atoms in total. The molecular weight excluding hydrogens is 167 g/mol. The van der Waals surface area contributed by atoms with Crippen molar-refractivity contribution in [3.05, 3.63) is 22.8 Å². The summed E-state index contributed by atoms with van der Waals surface area (Å²) in [6.07, 6.45) is 0. The van der Waals surface area contributed by atoms with Gasteiger partial charge in [-0.1, -0.05) is 6.07 Å². The molecule has 0 amide bonds. The van der Waals surface area contributed by atoms with Gasteiger partial charge in [-0.25, -0.2) is 4.79 Å². The van der Waals surface area contributed by atoms with E-state index in [9.17, 15) is 9.90 Å². The number of carboxylic acids is 1. The number of aromatic carboxylic acids is 1. The lowest BCUT2D eigenvalue weighted by Crippen LogP contribution is -2.18. The van der Waals surface area contributed by atoms with Gasteiger partial charge in [-0.2, -0.15) is 0 Å². The van der Waals surface area contributed by atoms with E-state index >= 15 is 0 Å². The highest BCUT2D eigenvalue weighted by Gasteiger charge is 2.14. The molecule has 0 unspecified atom stereocenters. The summed E-state index contributed by atoms with van der Waals surface area (Å²) in [5.41, 5.74) is 1.05. The Hall–Kier alpha value is -1.45. The molecule has 0 aliphatic rings. The molecule has 0 fully saturated rings. The molecule has 0 bridgehead atoms. The van der Waals surface area contributed by atoms with Gasteiger partial charge in [-0.3, -0.25) is 0 Å². The zero-order chi connectivity index (χ0) is 10.2. The van der Waals surface area contributed by atoms with Gasteiger partial charge in [-0.05, 0) is 30.4 Å².